The first-order valence-electron chi connectivity index (χ1n) is 12.1. The number of benzene rings is 2. The van der Waals surface area contributed by atoms with E-state index in [1.54, 1.807) is 48.5 Å². The third-order valence-electron chi connectivity index (χ3n) is 6.80. The van der Waals surface area contributed by atoms with Gasteiger partial charge in [0.05, 0.1) is 11.4 Å². The van der Waals surface area contributed by atoms with Gasteiger partial charge >= 0.3 is 12.1 Å². The quantitative estimate of drug-likeness (QED) is 0.487. The number of urea groups is 2. The standard InChI is InChI=1S/C28H23N5O6/c1-15-3-7-18(8-4-15)32-25(36)21(23(34)30-27(32)38)20(17-11-13-29-14-12-17)22-24(35)31-28(39)33(26(22)37)19-9-5-16(2)6-10-19/h3-14,20-22H,1-2H3,(H,30,34,38)(H,31,35,39). The summed E-state index contributed by atoms with van der Waals surface area (Å²) in [6, 6.07) is 14.1. The van der Waals surface area contributed by atoms with Gasteiger partial charge < -0.3 is 0 Å². The van der Waals surface area contributed by atoms with Crippen molar-refractivity contribution in [3.63, 3.8) is 0 Å². The number of aromatic nitrogens is 1. The molecule has 2 aromatic carbocycles. The Morgan fingerprint density at radius 3 is 1.38 bits per heavy atom. The van der Waals surface area contributed by atoms with E-state index in [0.29, 0.717) is 0 Å². The summed E-state index contributed by atoms with van der Waals surface area (Å²) >= 11 is 0. The fourth-order valence-electron chi connectivity index (χ4n) is 4.85. The second-order valence-electron chi connectivity index (χ2n) is 9.37. The molecule has 2 fully saturated rings. The lowest BCUT2D eigenvalue weighted by molar-refractivity contribution is -0.140. The van der Waals surface area contributed by atoms with Crippen LogP contribution in [0.15, 0.2) is 73.1 Å². The number of nitrogens with one attached hydrogen (secondary N) is 2. The molecule has 5 rings (SSSR count). The fourth-order valence-corrected chi connectivity index (χ4v) is 4.85. The molecule has 11 heteroatoms. The second-order valence-corrected chi connectivity index (χ2v) is 9.37. The summed E-state index contributed by atoms with van der Waals surface area (Å²) in [7, 11) is 0. The molecule has 0 bridgehead atoms. The van der Waals surface area contributed by atoms with E-state index in [9.17, 15) is 28.8 Å². The molecule has 2 saturated heterocycles. The van der Waals surface area contributed by atoms with Gasteiger partial charge in [0.15, 0.2) is 0 Å². The summed E-state index contributed by atoms with van der Waals surface area (Å²) < 4.78 is 0. The Bertz CT molecular complexity index is 1410. The maximum atomic E-state index is 13.9. The lowest BCUT2D eigenvalue weighted by Gasteiger charge is -2.39. The van der Waals surface area contributed by atoms with Crippen LogP contribution in [-0.4, -0.2) is 40.7 Å². The average Bonchev–Trinajstić information content (AvgIpc) is 2.90. The number of aryl methyl sites for hydroxylation is 2. The topological polar surface area (TPSA) is 146 Å². The van der Waals surface area contributed by atoms with Gasteiger partial charge in [-0.2, -0.15) is 0 Å². The minimum Gasteiger partial charge on any atom is -0.277 e. The molecule has 0 radical (unpaired) electrons. The summed E-state index contributed by atoms with van der Waals surface area (Å²) in [5.41, 5.74) is 2.48. The maximum Gasteiger partial charge on any atom is 0.335 e. The lowest BCUT2D eigenvalue weighted by Crippen LogP contribution is -2.64. The van der Waals surface area contributed by atoms with Crippen LogP contribution in [0.1, 0.15) is 22.6 Å². The number of amides is 8. The van der Waals surface area contributed by atoms with E-state index in [2.05, 4.69) is 15.6 Å². The smallest absolute Gasteiger partial charge is 0.277 e. The third kappa shape index (κ3) is 4.54. The SMILES string of the molecule is Cc1ccc(N2C(=O)NC(=O)C(C(c3ccncc3)C3C(=O)NC(=O)N(c4ccc(C)cc4)C3=O)C2=O)cc1. The molecule has 8 amide bonds. The highest BCUT2D eigenvalue weighted by Gasteiger charge is 2.54. The zero-order valence-corrected chi connectivity index (χ0v) is 21.0. The van der Waals surface area contributed by atoms with Crippen LogP contribution in [0.4, 0.5) is 21.0 Å². The number of barbiturate groups is 2. The molecule has 11 nitrogen and oxygen atoms in total. The van der Waals surface area contributed by atoms with Crippen molar-refractivity contribution in [2.75, 3.05) is 9.80 Å². The van der Waals surface area contributed by atoms with Crippen LogP contribution in [0.5, 0.6) is 0 Å². The molecule has 1 aromatic heterocycles. The molecule has 0 aliphatic carbocycles. The maximum absolute atomic E-state index is 13.9. The highest BCUT2D eigenvalue weighted by atomic mass is 16.2. The zero-order chi connectivity index (χ0) is 27.8. The van der Waals surface area contributed by atoms with Crippen LogP contribution in [-0.2, 0) is 19.2 Å². The molecular formula is C28H23N5O6. The molecule has 2 unspecified atom stereocenters. The van der Waals surface area contributed by atoms with Crippen molar-refractivity contribution in [3.05, 3.63) is 89.7 Å². The number of nitrogens with zero attached hydrogens (tertiary/aromatic N) is 3. The first kappa shape index (κ1) is 25.5. The molecule has 2 N–H and O–H groups in total. The van der Waals surface area contributed by atoms with Gasteiger partial charge in [-0.05, 0) is 55.8 Å². The van der Waals surface area contributed by atoms with Crippen LogP contribution in [0, 0.1) is 25.7 Å². The van der Waals surface area contributed by atoms with E-state index in [1.165, 1.54) is 24.5 Å². The Morgan fingerprint density at radius 2 is 1.00 bits per heavy atom. The van der Waals surface area contributed by atoms with E-state index in [1.807, 2.05) is 13.8 Å². The molecule has 3 heterocycles. The molecule has 2 aliphatic heterocycles. The Balaban J connectivity index is 1.62. The molecular weight excluding hydrogens is 502 g/mol. The average molecular weight is 526 g/mol. The number of rotatable bonds is 5. The predicted octanol–water partition coefficient (Wildman–Crippen LogP) is 2.58. The van der Waals surface area contributed by atoms with Gasteiger partial charge in [0.1, 0.15) is 11.8 Å². The largest absolute Gasteiger partial charge is 0.335 e. The van der Waals surface area contributed by atoms with Gasteiger partial charge in [-0.1, -0.05) is 35.4 Å². The molecule has 0 saturated carbocycles. The first-order valence-corrected chi connectivity index (χ1v) is 12.1. The normalized spacial score (nSPS) is 20.6. The Kier molecular flexibility index (Phi) is 6.48. The van der Waals surface area contributed by atoms with Crippen LogP contribution >= 0.6 is 0 Å². The minimum atomic E-state index is -1.65. The van der Waals surface area contributed by atoms with Gasteiger partial charge in [0.25, 0.3) is 0 Å². The van der Waals surface area contributed by atoms with Gasteiger partial charge in [-0.3, -0.25) is 34.8 Å². The molecule has 0 spiro atoms. The Labute approximate surface area is 222 Å². The number of pyridine rings is 1. The van der Waals surface area contributed by atoms with Crippen LogP contribution < -0.4 is 20.4 Å². The van der Waals surface area contributed by atoms with Crippen LogP contribution in [0.2, 0.25) is 0 Å². The van der Waals surface area contributed by atoms with E-state index < -0.39 is 53.4 Å². The van der Waals surface area contributed by atoms with Crippen molar-refractivity contribution in [2.24, 2.45) is 11.8 Å². The van der Waals surface area contributed by atoms with Gasteiger partial charge in [0, 0.05) is 18.3 Å². The van der Waals surface area contributed by atoms with E-state index in [0.717, 1.165) is 20.9 Å². The highest BCUT2D eigenvalue weighted by molar-refractivity contribution is 6.31. The number of anilines is 2. The number of hydrogen-bond donors (Lipinski definition) is 2. The van der Waals surface area contributed by atoms with Crippen LogP contribution in [0.25, 0.3) is 0 Å². The third-order valence-corrected chi connectivity index (χ3v) is 6.80. The van der Waals surface area contributed by atoms with Crippen molar-refractivity contribution in [3.8, 4) is 0 Å². The molecule has 39 heavy (non-hydrogen) atoms. The minimum absolute atomic E-state index is 0.213. The molecule has 3 aromatic rings. The highest BCUT2D eigenvalue weighted by Crippen LogP contribution is 2.39. The van der Waals surface area contributed by atoms with Crippen molar-refractivity contribution in [1.82, 2.24) is 15.6 Å². The van der Waals surface area contributed by atoms with Gasteiger partial charge in [-0.15, -0.1) is 0 Å². The summed E-state index contributed by atoms with van der Waals surface area (Å²) in [5, 5.41) is 4.38. The second kappa shape index (κ2) is 9.93. The number of carbonyl (C=O) groups excluding carboxylic acids is 6. The van der Waals surface area contributed by atoms with E-state index in [4.69, 9.17) is 0 Å². The summed E-state index contributed by atoms with van der Waals surface area (Å²) in [5.74, 6) is -8.42. The van der Waals surface area contributed by atoms with E-state index in [-0.39, 0.29) is 16.9 Å². The molecule has 2 aliphatic rings. The van der Waals surface area contributed by atoms with Crippen LogP contribution in [0.3, 0.4) is 0 Å². The lowest BCUT2D eigenvalue weighted by atomic mass is 9.73. The number of imide groups is 4. The van der Waals surface area contributed by atoms with Crippen molar-refractivity contribution in [2.45, 2.75) is 19.8 Å². The van der Waals surface area contributed by atoms with Crippen molar-refractivity contribution >= 4 is 47.1 Å². The summed E-state index contributed by atoms with van der Waals surface area (Å²) in [6.07, 6.45) is 2.79. The summed E-state index contributed by atoms with van der Waals surface area (Å²) in [4.78, 5) is 85.4. The van der Waals surface area contributed by atoms with Gasteiger partial charge in [0.2, 0.25) is 23.6 Å². The Hall–Kier alpha value is -5.19. The summed E-state index contributed by atoms with van der Waals surface area (Å²) in [6.45, 7) is 3.67. The fraction of sp³-hybridized carbons (Fsp3) is 0.179. The molecule has 2 atom stereocenters. The van der Waals surface area contributed by atoms with Gasteiger partial charge in [-0.25, -0.2) is 19.4 Å². The monoisotopic (exact) mass is 525 g/mol. The van der Waals surface area contributed by atoms with Crippen molar-refractivity contribution < 1.29 is 28.8 Å². The first-order chi connectivity index (χ1) is 18.7. The molecule has 196 valence electrons. The number of carbonyl (C=O) groups is 6. The predicted molar refractivity (Wildman–Crippen MR) is 138 cm³/mol. The van der Waals surface area contributed by atoms with E-state index >= 15 is 0 Å². The van der Waals surface area contributed by atoms with Crippen molar-refractivity contribution in [1.29, 1.82) is 0 Å². The number of hydrogen-bond acceptors (Lipinski definition) is 7. The Morgan fingerprint density at radius 1 is 0.615 bits per heavy atom. The zero-order valence-electron chi connectivity index (χ0n) is 21.0.